The van der Waals surface area contributed by atoms with Crippen LogP contribution >= 0.6 is 0 Å². The normalized spacial score (nSPS) is 20.1. The number of nitrogens with one attached hydrogen (secondary N) is 1. The Morgan fingerprint density at radius 3 is 3.00 bits per heavy atom. The number of carbonyl (C=O) groups is 1. The van der Waals surface area contributed by atoms with Crippen LogP contribution < -0.4 is 5.32 Å². The average Bonchev–Trinajstić information content (AvgIpc) is 2.38. The van der Waals surface area contributed by atoms with Gasteiger partial charge in [-0.2, -0.15) is 0 Å². The molecular formula is C14H19FN2O2. The molecule has 0 aromatic heterocycles. The molecular weight excluding hydrogens is 247 g/mol. The first-order chi connectivity index (χ1) is 9.10. The summed E-state index contributed by atoms with van der Waals surface area (Å²) in [7, 11) is 3.38. The Bertz CT molecular complexity index is 465. The first-order valence-corrected chi connectivity index (χ1v) is 6.43. The number of benzene rings is 1. The molecule has 2 rings (SSSR count). The molecule has 1 heterocycles. The zero-order valence-electron chi connectivity index (χ0n) is 11.3. The summed E-state index contributed by atoms with van der Waals surface area (Å²) >= 11 is 0. The third-order valence-electron chi connectivity index (χ3n) is 3.37. The second-order valence-electron chi connectivity index (χ2n) is 4.93. The van der Waals surface area contributed by atoms with Crippen molar-refractivity contribution in [1.82, 2.24) is 4.90 Å². The molecule has 0 saturated carbocycles. The molecule has 0 amide bonds. The maximum absolute atomic E-state index is 13.3. The number of likely N-dealkylation sites (N-methyl/N-ethyl adjacent to an activating group) is 1. The van der Waals surface area contributed by atoms with E-state index in [-0.39, 0.29) is 11.9 Å². The molecule has 104 valence electrons. The van der Waals surface area contributed by atoms with Gasteiger partial charge in [-0.1, -0.05) is 0 Å². The molecule has 0 spiro atoms. The van der Waals surface area contributed by atoms with Crippen LogP contribution in [-0.2, 0) is 4.74 Å². The molecule has 19 heavy (non-hydrogen) atoms. The van der Waals surface area contributed by atoms with E-state index in [1.165, 1.54) is 25.3 Å². The van der Waals surface area contributed by atoms with Gasteiger partial charge in [0.05, 0.1) is 18.4 Å². The average molecular weight is 266 g/mol. The van der Waals surface area contributed by atoms with Crippen molar-refractivity contribution in [2.24, 2.45) is 0 Å². The van der Waals surface area contributed by atoms with Crippen molar-refractivity contribution in [3.63, 3.8) is 0 Å². The summed E-state index contributed by atoms with van der Waals surface area (Å²) < 4.78 is 18.1. The Morgan fingerprint density at radius 1 is 1.53 bits per heavy atom. The summed E-state index contributed by atoms with van der Waals surface area (Å²) in [6.07, 6.45) is 2.11. The van der Waals surface area contributed by atoms with E-state index in [2.05, 4.69) is 17.3 Å². The fourth-order valence-electron chi connectivity index (χ4n) is 2.43. The van der Waals surface area contributed by atoms with Crippen molar-refractivity contribution in [2.75, 3.05) is 32.6 Å². The minimum atomic E-state index is -0.452. The highest BCUT2D eigenvalue weighted by Gasteiger charge is 2.20. The van der Waals surface area contributed by atoms with E-state index in [1.807, 2.05) is 0 Å². The van der Waals surface area contributed by atoms with E-state index in [4.69, 9.17) is 4.74 Å². The zero-order chi connectivity index (χ0) is 13.8. The molecule has 1 saturated heterocycles. The topological polar surface area (TPSA) is 41.6 Å². The van der Waals surface area contributed by atoms with Gasteiger partial charge in [0.15, 0.2) is 0 Å². The Labute approximate surface area is 112 Å². The maximum atomic E-state index is 13.3. The van der Waals surface area contributed by atoms with Gasteiger partial charge in [-0.25, -0.2) is 9.18 Å². The van der Waals surface area contributed by atoms with Crippen LogP contribution in [0, 0.1) is 5.82 Å². The van der Waals surface area contributed by atoms with Crippen molar-refractivity contribution < 1.29 is 13.9 Å². The van der Waals surface area contributed by atoms with E-state index in [0.717, 1.165) is 25.9 Å². The number of ether oxygens (including phenoxy) is 1. The number of rotatable bonds is 3. The minimum absolute atomic E-state index is 0.226. The summed E-state index contributed by atoms with van der Waals surface area (Å²) in [4.78, 5) is 13.9. The maximum Gasteiger partial charge on any atom is 0.339 e. The van der Waals surface area contributed by atoms with Gasteiger partial charge in [-0.15, -0.1) is 0 Å². The van der Waals surface area contributed by atoms with E-state index in [1.54, 1.807) is 0 Å². The van der Waals surface area contributed by atoms with E-state index in [0.29, 0.717) is 11.3 Å². The van der Waals surface area contributed by atoms with Crippen molar-refractivity contribution in [1.29, 1.82) is 0 Å². The molecule has 0 radical (unpaired) electrons. The number of anilines is 1. The molecule has 1 aromatic rings. The van der Waals surface area contributed by atoms with Gasteiger partial charge >= 0.3 is 5.97 Å². The monoisotopic (exact) mass is 266 g/mol. The van der Waals surface area contributed by atoms with Crippen molar-refractivity contribution in [3.8, 4) is 0 Å². The highest BCUT2D eigenvalue weighted by molar-refractivity contribution is 5.95. The summed E-state index contributed by atoms with van der Waals surface area (Å²) in [5, 5.41) is 3.25. The standard InChI is InChI=1S/C14H19FN2O2/c1-17-7-3-4-11(9-17)16-13-8-10(15)5-6-12(13)14(18)19-2/h5-6,8,11,16H,3-4,7,9H2,1-2H3. The highest BCUT2D eigenvalue weighted by atomic mass is 19.1. The largest absolute Gasteiger partial charge is 0.465 e. The molecule has 1 N–H and O–H groups in total. The third-order valence-corrected chi connectivity index (χ3v) is 3.37. The lowest BCUT2D eigenvalue weighted by Gasteiger charge is -2.31. The first-order valence-electron chi connectivity index (χ1n) is 6.43. The van der Waals surface area contributed by atoms with Crippen molar-refractivity contribution >= 4 is 11.7 Å². The van der Waals surface area contributed by atoms with Gasteiger partial charge in [-0.3, -0.25) is 0 Å². The molecule has 4 nitrogen and oxygen atoms in total. The molecule has 1 fully saturated rings. The molecule has 1 aliphatic rings. The van der Waals surface area contributed by atoms with Gasteiger partial charge in [0, 0.05) is 12.6 Å². The van der Waals surface area contributed by atoms with Crippen LogP contribution in [0.3, 0.4) is 0 Å². The van der Waals surface area contributed by atoms with Gasteiger partial charge in [0.25, 0.3) is 0 Å². The Morgan fingerprint density at radius 2 is 2.32 bits per heavy atom. The van der Waals surface area contributed by atoms with Gasteiger partial charge in [-0.05, 0) is 44.6 Å². The molecule has 1 aromatic carbocycles. The number of piperidine rings is 1. The lowest BCUT2D eigenvalue weighted by molar-refractivity contribution is 0.0601. The predicted octanol–water partition coefficient (Wildman–Crippen LogP) is 2.12. The molecule has 1 atom stereocenters. The van der Waals surface area contributed by atoms with Crippen LogP contribution in [0.2, 0.25) is 0 Å². The lowest BCUT2D eigenvalue weighted by atomic mass is 10.0. The molecule has 1 unspecified atom stereocenters. The van der Waals surface area contributed by atoms with Crippen LogP contribution in [0.25, 0.3) is 0 Å². The number of hydrogen-bond donors (Lipinski definition) is 1. The Balaban J connectivity index is 2.18. The van der Waals surface area contributed by atoms with E-state index >= 15 is 0 Å². The predicted molar refractivity (Wildman–Crippen MR) is 71.9 cm³/mol. The van der Waals surface area contributed by atoms with Crippen LogP contribution in [0.15, 0.2) is 18.2 Å². The molecule has 5 heteroatoms. The first kappa shape index (κ1) is 13.8. The highest BCUT2D eigenvalue weighted by Crippen LogP contribution is 2.21. The van der Waals surface area contributed by atoms with Crippen LogP contribution in [0.1, 0.15) is 23.2 Å². The molecule has 0 aliphatic carbocycles. The van der Waals surface area contributed by atoms with Gasteiger partial charge in [0.1, 0.15) is 5.82 Å². The van der Waals surface area contributed by atoms with E-state index in [9.17, 15) is 9.18 Å². The number of nitrogens with zero attached hydrogens (tertiary/aromatic N) is 1. The number of carbonyl (C=O) groups excluding carboxylic acids is 1. The lowest BCUT2D eigenvalue weighted by Crippen LogP contribution is -2.40. The Kier molecular flexibility index (Phi) is 4.37. The summed E-state index contributed by atoms with van der Waals surface area (Å²) in [5.74, 6) is -0.814. The van der Waals surface area contributed by atoms with Crippen LogP contribution in [0.4, 0.5) is 10.1 Å². The summed E-state index contributed by atoms with van der Waals surface area (Å²) in [6, 6.07) is 4.30. The summed E-state index contributed by atoms with van der Waals surface area (Å²) in [5.41, 5.74) is 0.879. The quantitative estimate of drug-likeness (QED) is 0.851. The van der Waals surface area contributed by atoms with Crippen molar-refractivity contribution in [2.45, 2.75) is 18.9 Å². The number of likely N-dealkylation sites (tertiary alicyclic amines) is 1. The number of esters is 1. The summed E-state index contributed by atoms with van der Waals surface area (Å²) in [6.45, 7) is 1.96. The number of halogens is 1. The fraction of sp³-hybridized carbons (Fsp3) is 0.500. The second kappa shape index (κ2) is 6.02. The van der Waals surface area contributed by atoms with Crippen molar-refractivity contribution in [3.05, 3.63) is 29.6 Å². The van der Waals surface area contributed by atoms with Crippen LogP contribution in [-0.4, -0.2) is 44.2 Å². The van der Waals surface area contributed by atoms with Gasteiger partial charge in [0.2, 0.25) is 0 Å². The second-order valence-corrected chi connectivity index (χ2v) is 4.93. The molecule has 1 aliphatic heterocycles. The zero-order valence-corrected chi connectivity index (χ0v) is 11.3. The Hall–Kier alpha value is -1.62. The SMILES string of the molecule is COC(=O)c1ccc(F)cc1NC1CCCN(C)C1. The smallest absolute Gasteiger partial charge is 0.339 e. The minimum Gasteiger partial charge on any atom is -0.465 e. The van der Waals surface area contributed by atoms with Crippen LogP contribution in [0.5, 0.6) is 0 Å². The molecule has 0 bridgehead atoms. The number of hydrogen-bond acceptors (Lipinski definition) is 4. The third kappa shape index (κ3) is 3.44. The van der Waals surface area contributed by atoms with E-state index < -0.39 is 5.97 Å². The van der Waals surface area contributed by atoms with Gasteiger partial charge < -0.3 is 15.0 Å². The number of methoxy groups -OCH3 is 1. The fourth-order valence-corrected chi connectivity index (χ4v) is 2.43.